The summed E-state index contributed by atoms with van der Waals surface area (Å²) in [6.07, 6.45) is 0. The fourth-order valence-corrected chi connectivity index (χ4v) is 2.43. The lowest BCUT2D eigenvalue weighted by Gasteiger charge is -2.13. The molecule has 8 heteroatoms. The van der Waals surface area contributed by atoms with E-state index in [1.54, 1.807) is 30.3 Å². The van der Waals surface area contributed by atoms with Gasteiger partial charge in [-0.05, 0) is 36.8 Å². The first-order chi connectivity index (χ1) is 12.5. The quantitative estimate of drug-likeness (QED) is 0.817. The molecule has 0 unspecified atom stereocenters. The first kappa shape index (κ1) is 17.2. The summed E-state index contributed by atoms with van der Waals surface area (Å²) in [6.45, 7) is 1.37. The second-order valence-electron chi connectivity index (χ2n) is 5.59. The molecule has 4 amide bonds. The van der Waals surface area contributed by atoms with Gasteiger partial charge in [-0.25, -0.2) is 9.59 Å². The van der Waals surface area contributed by atoms with E-state index in [0.717, 1.165) is 5.56 Å². The molecule has 3 rings (SSSR count). The number of rotatable bonds is 4. The highest BCUT2D eigenvalue weighted by Crippen LogP contribution is 2.22. The highest BCUT2D eigenvalue weighted by atomic mass is 16.7. The first-order valence-electron chi connectivity index (χ1n) is 7.76. The van der Waals surface area contributed by atoms with Crippen LogP contribution in [-0.4, -0.2) is 35.4 Å². The standard InChI is InChI=1S/C18H15N3O5/c1-11-5-4-6-12(9-11)20-18(25)19-10-15(22)26-21-16(23)13-7-2-3-8-14(13)17(21)24/h2-9H,10H2,1H3,(H2,19,20,25). The number of carbonyl (C=O) groups is 4. The number of hydrogen-bond donors (Lipinski definition) is 2. The van der Waals surface area contributed by atoms with Crippen LogP contribution in [0.25, 0.3) is 0 Å². The monoisotopic (exact) mass is 353 g/mol. The predicted molar refractivity (Wildman–Crippen MR) is 91.2 cm³/mol. The molecule has 0 fully saturated rings. The van der Waals surface area contributed by atoms with Gasteiger partial charge in [-0.1, -0.05) is 29.3 Å². The van der Waals surface area contributed by atoms with Crippen LogP contribution in [0, 0.1) is 6.92 Å². The minimum Gasteiger partial charge on any atom is -0.328 e. The van der Waals surface area contributed by atoms with Gasteiger partial charge in [0.2, 0.25) is 0 Å². The van der Waals surface area contributed by atoms with E-state index in [9.17, 15) is 19.2 Å². The molecule has 1 aliphatic heterocycles. The van der Waals surface area contributed by atoms with E-state index in [1.807, 2.05) is 13.0 Å². The van der Waals surface area contributed by atoms with Gasteiger partial charge in [0.25, 0.3) is 11.8 Å². The third-order valence-corrected chi connectivity index (χ3v) is 3.62. The van der Waals surface area contributed by atoms with Crippen LogP contribution in [0.5, 0.6) is 0 Å². The Kier molecular flexibility index (Phi) is 4.66. The van der Waals surface area contributed by atoms with E-state index in [0.29, 0.717) is 10.8 Å². The number of hydroxylamine groups is 2. The van der Waals surface area contributed by atoms with E-state index >= 15 is 0 Å². The van der Waals surface area contributed by atoms with Crippen molar-refractivity contribution in [1.82, 2.24) is 10.4 Å². The molecule has 2 aromatic rings. The Balaban J connectivity index is 1.53. The zero-order valence-corrected chi connectivity index (χ0v) is 13.8. The van der Waals surface area contributed by atoms with Crippen molar-refractivity contribution in [3.8, 4) is 0 Å². The number of carbonyl (C=O) groups excluding carboxylic acids is 4. The molecule has 0 spiro atoms. The van der Waals surface area contributed by atoms with Crippen molar-refractivity contribution >= 4 is 29.5 Å². The van der Waals surface area contributed by atoms with Gasteiger partial charge in [0, 0.05) is 5.69 Å². The second kappa shape index (κ2) is 7.06. The number of anilines is 1. The lowest BCUT2D eigenvalue weighted by molar-refractivity contribution is -0.167. The summed E-state index contributed by atoms with van der Waals surface area (Å²) >= 11 is 0. The van der Waals surface area contributed by atoms with Crippen LogP contribution in [-0.2, 0) is 9.63 Å². The minimum atomic E-state index is -0.945. The summed E-state index contributed by atoms with van der Waals surface area (Å²) < 4.78 is 0. The minimum absolute atomic E-state index is 0.162. The zero-order valence-electron chi connectivity index (χ0n) is 13.8. The largest absolute Gasteiger partial charge is 0.352 e. The number of imide groups is 1. The molecular weight excluding hydrogens is 338 g/mol. The van der Waals surface area contributed by atoms with Crippen molar-refractivity contribution in [2.45, 2.75) is 6.92 Å². The lowest BCUT2D eigenvalue weighted by Crippen LogP contribution is -2.39. The number of amides is 4. The molecule has 0 radical (unpaired) electrons. The van der Waals surface area contributed by atoms with Gasteiger partial charge < -0.3 is 15.5 Å². The topological polar surface area (TPSA) is 105 Å². The molecule has 0 aromatic heterocycles. The van der Waals surface area contributed by atoms with Crippen LogP contribution in [0.3, 0.4) is 0 Å². The van der Waals surface area contributed by atoms with Crippen LogP contribution >= 0.6 is 0 Å². The molecule has 8 nitrogen and oxygen atoms in total. The van der Waals surface area contributed by atoms with Crippen LogP contribution in [0.1, 0.15) is 26.3 Å². The summed E-state index contributed by atoms with van der Waals surface area (Å²) in [6, 6.07) is 12.6. The van der Waals surface area contributed by atoms with Gasteiger partial charge >= 0.3 is 12.0 Å². The average Bonchev–Trinajstić information content (AvgIpc) is 2.85. The number of aryl methyl sites for hydroxylation is 1. The average molecular weight is 353 g/mol. The van der Waals surface area contributed by atoms with Crippen LogP contribution in [0.15, 0.2) is 48.5 Å². The molecule has 0 atom stereocenters. The molecule has 1 heterocycles. The molecule has 0 bridgehead atoms. The Hall–Kier alpha value is -3.68. The van der Waals surface area contributed by atoms with Gasteiger partial charge in [-0.2, -0.15) is 0 Å². The van der Waals surface area contributed by atoms with E-state index in [2.05, 4.69) is 10.6 Å². The van der Waals surface area contributed by atoms with Crippen molar-refractivity contribution in [2.75, 3.05) is 11.9 Å². The smallest absolute Gasteiger partial charge is 0.328 e. The molecular formula is C18H15N3O5. The van der Waals surface area contributed by atoms with Crippen LogP contribution < -0.4 is 10.6 Å². The maximum absolute atomic E-state index is 12.1. The van der Waals surface area contributed by atoms with Crippen LogP contribution in [0.4, 0.5) is 10.5 Å². The van der Waals surface area contributed by atoms with E-state index < -0.39 is 30.4 Å². The molecule has 132 valence electrons. The third-order valence-electron chi connectivity index (χ3n) is 3.62. The van der Waals surface area contributed by atoms with Crippen molar-refractivity contribution < 1.29 is 24.0 Å². The van der Waals surface area contributed by atoms with Gasteiger partial charge in [-0.3, -0.25) is 9.59 Å². The molecule has 0 saturated heterocycles. The zero-order chi connectivity index (χ0) is 18.7. The third kappa shape index (κ3) is 3.54. The maximum Gasteiger partial charge on any atom is 0.352 e. The first-order valence-corrected chi connectivity index (χ1v) is 7.76. The van der Waals surface area contributed by atoms with Gasteiger partial charge in [0.1, 0.15) is 6.54 Å². The highest BCUT2D eigenvalue weighted by molar-refractivity contribution is 6.20. The number of urea groups is 1. The van der Waals surface area contributed by atoms with Gasteiger partial charge in [0.15, 0.2) is 0 Å². The normalized spacial score (nSPS) is 12.6. The fourth-order valence-electron chi connectivity index (χ4n) is 2.43. The number of benzene rings is 2. The van der Waals surface area contributed by atoms with Crippen molar-refractivity contribution in [3.05, 3.63) is 65.2 Å². The summed E-state index contributed by atoms with van der Waals surface area (Å²) in [4.78, 5) is 52.6. The summed E-state index contributed by atoms with van der Waals surface area (Å²) in [5.41, 5.74) is 1.86. The van der Waals surface area contributed by atoms with E-state index in [4.69, 9.17) is 4.84 Å². The van der Waals surface area contributed by atoms with Gasteiger partial charge in [0.05, 0.1) is 11.1 Å². The number of hydrogen-bond acceptors (Lipinski definition) is 5. The second-order valence-corrected chi connectivity index (χ2v) is 5.59. The molecule has 2 N–H and O–H groups in total. The summed E-state index contributed by atoms with van der Waals surface area (Å²) in [7, 11) is 0. The molecule has 0 aliphatic carbocycles. The molecule has 26 heavy (non-hydrogen) atoms. The van der Waals surface area contributed by atoms with Crippen LogP contribution in [0.2, 0.25) is 0 Å². The number of fused-ring (bicyclic) bond motifs is 1. The SMILES string of the molecule is Cc1cccc(NC(=O)NCC(=O)ON2C(=O)c3ccccc3C2=O)c1. The summed E-state index contributed by atoms with van der Waals surface area (Å²) in [5.74, 6) is -2.38. The molecule has 2 aromatic carbocycles. The van der Waals surface area contributed by atoms with Crippen molar-refractivity contribution in [1.29, 1.82) is 0 Å². The Bertz CT molecular complexity index is 874. The maximum atomic E-state index is 12.1. The summed E-state index contributed by atoms with van der Waals surface area (Å²) in [5, 5.41) is 5.26. The Morgan fingerprint density at radius 3 is 2.27 bits per heavy atom. The highest BCUT2D eigenvalue weighted by Gasteiger charge is 2.38. The number of nitrogens with one attached hydrogen (secondary N) is 2. The molecule has 1 aliphatic rings. The van der Waals surface area contributed by atoms with Crippen molar-refractivity contribution in [2.24, 2.45) is 0 Å². The lowest BCUT2D eigenvalue weighted by atomic mass is 10.1. The van der Waals surface area contributed by atoms with Crippen molar-refractivity contribution in [3.63, 3.8) is 0 Å². The fraction of sp³-hybridized carbons (Fsp3) is 0.111. The number of nitrogens with zero attached hydrogens (tertiary/aromatic N) is 1. The molecule has 0 saturated carbocycles. The van der Waals surface area contributed by atoms with E-state index in [1.165, 1.54) is 12.1 Å². The Morgan fingerprint density at radius 1 is 1.00 bits per heavy atom. The van der Waals surface area contributed by atoms with E-state index in [-0.39, 0.29) is 11.1 Å². The van der Waals surface area contributed by atoms with Gasteiger partial charge in [-0.15, -0.1) is 0 Å². The Labute approximate surface area is 148 Å². The Morgan fingerprint density at radius 2 is 1.65 bits per heavy atom. The predicted octanol–water partition coefficient (Wildman–Crippen LogP) is 1.87.